The Labute approximate surface area is 165 Å². The molecule has 6 heteroatoms. The first-order valence-electron chi connectivity index (χ1n) is 9.15. The van der Waals surface area contributed by atoms with Gasteiger partial charge in [-0.25, -0.2) is 4.79 Å². The van der Waals surface area contributed by atoms with Gasteiger partial charge in [-0.05, 0) is 54.5 Å². The summed E-state index contributed by atoms with van der Waals surface area (Å²) in [6, 6.07) is 11.1. The van der Waals surface area contributed by atoms with E-state index in [-0.39, 0.29) is 18.3 Å². The van der Waals surface area contributed by atoms with E-state index in [1.165, 1.54) is 0 Å². The number of halogens is 1. The van der Waals surface area contributed by atoms with Crippen molar-refractivity contribution < 1.29 is 14.7 Å². The minimum atomic E-state index is -1.30. The van der Waals surface area contributed by atoms with Crippen molar-refractivity contribution in [2.75, 3.05) is 5.73 Å². The molecular formula is C21H27ClN2O3. The molecule has 1 amide bonds. The van der Waals surface area contributed by atoms with Gasteiger partial charge in [-0.1, -0.05) is 44.0 Å². The Bertz CT molecular complexity index is 846. The van der Waals surface area contributed by atoms with E-state index in [0.29, 0.717) is 17.2 Å². The van der Waals surface area contributed by atoms with E-state index >= 15 is 0 Å². The van der Waals surface area contributed by atoms with E-state index < -0.39 is 17.4 Å². The van der Waals surface area contributed by atoms with Gasteiger partial charge in [-0.2, -0.15) is 0 Å². The summed E-state index contributed by atoms with van der Waals surface area (Å²) in [5.41, 5.74) is 5.45. The molecule has 2 aromatic carbocycles. The van der Waals surface area contributed by atoms with Gasteiger partial charge in [-0.15, -0.1) is 12.4 Å². The van der Waals surface area contributed by atoms with Crippen LogP contribution in [0.4, 0.5) is 5.69 Å². The third-order valence-corrected chi connectivity index (χ3v) is 5.81. The van der Waals surface area contributed by atoms with Crippen molar-refractivity contribution in [3.8, 4) is 0 Å². The highest BCUT2D eigenvalue weighted by Crippen LogP contribution is 2.36. The lowest BCUT2D eigenvalue weighted by Crippen LogP contribution is -2.58. The molecule has 0 aromatic heterocycles. The molecule has 0 unspecified atom stereocenters. The number of nitrogens with two attached hydrogens (primary N) is 1. The average Bonchev–Trinajstić information content (AvgIpc) is 2.61. The summed E-state index contributed by atoms with van der Waals surface area (Å²) in [5, 5.41) is 14.5. The molecule has 1 atom stereocenters. The molecule has 0 saturated heterocycles. The highest BCUT2D eigenvalue weighted by molar-refractivity contribution is 6.05. The summed E-state index contributed by atoms with van der Waals surface area (Å²) in [4.78, 5) is 24.9. The van der Waals surface area contributed by atoms with Gasteiger partial charge in [0.15, 0.2) is 0 Å². The number of hydrogen-bond acceptors (Lipinski definition) is 3. The zero-order valence-corrected chi connectivity index (χ0v) is 16.5. The molecule has 5 nitrogen and oxygen atoms in total. The smallest absolute Gasteiger partial charge is 0.329 e. The quantitative estimate of drug-likeness (QED) is 0.680. The highest BCUT2D eigenvalue weighted by atomic mass is 35.5. The molecule has 146 valence electrons. The first-order chi connectivity index (χ1) is 12.3. The Kier molecular flexibility index (Phi) is 6.37. The van der Waals surface area contributed by atoms with E-state index in [1.54, 1.807) is 19.1 Å². The maximum atomic E-state index is 12.9. The number of rotatable bonds is 4. The number of carbonyl (C=O) groups is 2. The van der Waals surface area contributed by atoms with Gasteiger partial charge in [0.2, 0.25) is 0 Å². The monoisotopic (exact) mass is 390 g/mol. The summed E-state index contributed by atoms with van der Waals surface area (Å²) in [7, 11) is 0. The topological polar surface area (TPSA) is 92.4 Å². The summed E-state index contributed by atoms with van der Waals surface area (Å²) in [6.07, 6.45) is 3.58. The van der Waals surface area contributed by atoms with Crippen LogP contribution < -0.4 is 11.1 Å². The molecule has 0 radical (unpaired) electrons. The van der Waals surface area contributed by atoms with Crippen LogP contribution in [-0.4, -0.2) is 22.5 Å². The summed E-state index contributed by atoms with van der Waals surface area (Å²) >= 11 is 0. The van der Waals surface area contributed by atoms with Crippen molar-refractivity contribution >= 4 is 40.7 Å². The van der Waals surface area contributed by atoms with Crippen molar-refractivity contribution in [3.05, 3.63) is 42.0 Å². The molecule has 27 heavy (non-hydrogen) atoms. The lowest BCUT2D eigenvalue weighted by molar-refractivity contribution is -0.146. The van der Waals surface area contributed by atoms with Crippen LogP contribution in [0.15, 0.2) is 36.4 Å². The Balaban J connectivity index is 0.00000261. The van der Waals surface area contributed by atoms with Crippen LogP contribution in [0.5, 0.6) is 0 Å². The fraction of sp³-hybridized carbons (Fsp3) is 0.429. The average molecular weight is 391 g/mol. The minimum Gasteiger partial charge on any atom is -0.480 e. The third kappa shape index (κ3) is 4.19. The van der Waals surface area contributed by atoms with Crippen LogP contribution in [0.25, 0.3) is 10.8 Å². The number of hydrogen-bond donors (Lipinski definition) is 3. The van der Waals surface area contributed by atoms with Gasteiger partial charge in [0, 0.05) is 5.69 Å². The first kappa shape index (κ1) is 21.0. The second-order valence-electron chi connectivity index (χ2n) is 7.71. The van der Waals surface area contributed by atoms with Crippen molar-refractivity contribution in [3.63, 3.8) is 0 Å². The van der Waals surface area contributed by atoms with Gasteiger partial charge in [0.25, 0.3) is 5.91 Å². The van der Waals surface area contributed by atoms with Crippen LogP contribution in [0.2, 0.25) is 0 Å². The predicted molar refractivity (Wildman–Crippen MR) is 110 cm³/mol. The van der Waals surface area contributed by atoms with Crippen molar-refractivity contribution in [1.29, 1.82) is 0 Å². The second kappa shape index (κ2) is 8.17. The number of nitrogens with one attached hydrogen (secondary N) is 1. The molecular weight excluding hydrogens is 364 g/mol. The van der Waals surface area contributed by atoms with Crippen LogP contribution in [0.1, 0.15) is 49.9 Å². The first-order valence-corrected chi connectivity index (χ1v) is 9.15. The number of nitrogen functional groups attached to an aromatic ring is 1. The number of amides is 1. The largest absolute Gasteiger partial charge is 0.480 e. The molecule has 1 saturated carbocycles. The van der Waals surface area contributed by atoms with Crippen LogP contribution in [0, 0.1) is 11.8 Å². The molecule has 0 aliphatic heterocycles. The Morgan fingerprint density at radius 3 is 2.22 bits per heavy atom. The molecule has 1 fully saturated rings. The SMILES string of the molecule is CC1CCC([C@](C)(NC(=O)c2cc3ccccc3cc2N)C(=O)O)CC1.Cl. The zero-order chi connectivity index (χ0) is 18.9. The molecule has 3 rings (SSSR count). The maximum absolute atomic E-state index is 12.9. The number of carboxylic acids is 1. The molecule has 1 aliphatic rings. The standard InChI is InChI=1S/C21H26N2O3.ClH/c1-13-7-9-16(10-8-13)21(2,20(25)26)23-19(24)17-11-14-5-3-4-6-15(14)12-18(17)22;/h3-6,11-13,16H,7-10,22H2,1-2H3,(H,23,24)(H,25,26);1H/t13?,16?,21-;/m0./s1. The van der Waals surface area contributed by atoms with Crippen LogP contribution >= 0.6 is 12.4 Å². The zero-order valence-electron chi connectivity index (χ0n) is 15.7. The number of carboxylic acid groups (broad SMARTS) is 1. The number of fused-ring (bicyclic) bond motifs is 1. The number of anilines is 1. The second-order valence-corrected chi connectivity index (χ2v) is 7.71. The van der Waals surface area contributed by atoms with Crippen molar-refractivity contribution in [1.82, 2.24) is 5.32 Å². The summed E-state index contributed by atoms with van der Waals surface area (Å²) < 4.78 is 0. The Morgan fingerprint density at radius 2 is 1.67 bits per heavy atom. The van der Waals surface area contributed by atoms with Gasteiger partial charge in [-0.3, -0.25) is 4.79 Å². The van der Waals surface area contributed by atoms with Gasteiger partial charge in [0.05, 0.1) is 5.56 Å². The lowest BCUT2D eigenvalue weighted by Gasteiger charge is -2.38. The molecule has 0 heterocycles. The summed E-state index contributed by atoms with van der Waals surface area (Å²) in [6.45, 7) is 3.80. The van der Waals surface area contributed by atoms with E-state index in [4.69, 9.17) is 5.73 Å². The fourth-order valence-electron chi connectivity index (χ4n) is 3.93. The van der Waals surface area contributed by atoms with E-state index in [0.717, 1.165) is 36.5 Å². The van der Waals surface area contributed by atoms with Gasteiger partial charge < -0.3 is 16.2 Å². The number of carbonyl (C=O) groups excluding carboxylic acids is 1. The number of benzene rings is 2. The molecule has 2 aromatic rings. The normalized spacial score (nSPS) is 21.7. The third-order valence-electron chi connectivity index (χ3n) is 5.81. The predicted octanol–water partition coefficient (Wildman–Crippen LogP) is 4.24. The summed E-state index contributed by atoms with van der Waals surface area (Å²) in [5.74, 6) is -0.903. The Morgan fingerprint density at radius 1 is 1.11 bits per heavy atom. The van der Waals surface area contributed by atoms with Crippen molar-refractivity contribution in [2.45, 2.75) is 45.1 Å². The highest BCUT2D eigenvalue weighted by Gasteiger charge is 2.44. The van der Waals surface area contributed by atoms with Gasteiger partial charge >= 0.3 is 5.97 Å². The number of aliphatic carboxylic acids is 1. The molecule has 1 aliphatic carbocycles. The van der Waals surface area contributed by atoms with Crippen LogP contribution in [-0.2, 0) is 4.79 Å². The minimum absolute atomic E-state index is 0. The lowest BCUT2D eigenvalue weighted by atomic mass is 9.72. The van der Waals surface area contributed by atoms with E-state index in [2.05, 4.69) is 12.2 Å². The molecule has 0 bridgehead atoms. The maximum Gasteiger partial charge on any atom is 0.329 e. The van der Waals surface area contributed by atoms with Crippen molar-refractivity contribution in [2.24, 2.45) is 11.8 Å². The molecule has 0 spiro atoms. The van der Waals surface area contributed by atoms with Gasteiger partial charge in [0.1, 0.15) is 5.54 Å². The van der Waals surface area contributed by atoms with Crippen LogP contribution in [0.3, 0.4) is 0 Å². The van der Waals surface area contributed by atoms with E-state index in [1.807, 2.05) is 24.3 Å². The molecule has 4 N–H and O–H groups in total. The Hall–Kier alpha value is -2.27. The van der Waals surface area contributed by atoms with E-state index in [9.17, 15) is 14.7 Å². The fourth-order valence-corrected chi connectivity index (χ4v) is 3.93.